The van der Waals surface area contributed by atoms with Crippen molar-refractivity contribution in [3.63, 3.8) is 0 Å². The first kappa shape index (κ1) is 16.6. The van der Waals surface area contributed by atoms with Crippen LogP contribution in [-0.4, -0.2) is 47.1 Å². The molecule has 0 fully saturated rings. The van der Waals surface area contributed by atoms with E-state index >= 15 is 0 Å². The van der Waals surface area contributed by atoms with Crippen molar-refractivity contribution in [2.75, 3.05) is 57.8 Å². The summed E-state index contributed by atoms with van der Waals surface area (Å²) in [6, 6.07) is 5.87. The fourth-order valence-electron chi connectivity index (χ4n) is 2.04. The third-order valence-electron chi connectivity index (χ3n) is 3.03. The van der Waals surface area contributed by atoms with E-state index in [2.05, 4.69) is 4.90 Å². The third-order valence-corrected chi connectivity index (χ3v) is 3.03. The number of benzene rings is 1. The van der Waals surface area contributed by atoms with Gasteiger partial charge in [0.1, 0.15) is 5.75 Å². The number of hydrogen-bond acceptors (Lipinski definition) is 5. The molecule has 0 heterocycles. The van der Waals surface area contributed by atoms with Crippen LogP contribution in [0.4, 0.5) is 11.4 Å². The molecule has 20 heavy (non-hydrogen) atoms. The molecule has 0 amide bonds. The van der Waals surface area contributed by atoms with E-state index < -0.39 is 0 Å². The molecule has 5 nitrogen and oxygen atoms in total. The van der Waals surface area contributed by atoms with Gasteiger partial charge in [-0.15, -0.1) is 0 Å². The molecule has 0 aromatic heterocycles. The molecule has 0 aliphatic heterocycles. The van der Waals surface area contributed by atoms with E-state index in [1.807, 2.05) is 25.1 Å². The van der Waals surface area contributed by atoms with Gasteiger partial charge in [-0.25, -0.2) is 0 Å². The van der Waals surface area contributed by atoms with Gasteiger partial charge < -0.3 is 24.8 Å². The maximum absolute atomic E-state index is 6.21. The Kier molecular flexibility index (Phi) is 7.84. The molecule has 1 rings (SSSR count). The van der Waals surface area contributed by atoms with Gasteiger partial charge in [0.25, 0.3) is 0 Å². The first-order valence-electron chi connectivity index (χ1n) is 6.98. The largest absolute Gasteiger partial charge is 0.492 e. The fourth-order valence-corrected chi connectivity index (χ4v) is 2.04. The van der Waals surface area contributed by atoms with E-state index in [1.165, 1.54) is 0 Å². The number of rotatable bonds is 10. The summed E-state index contributed by atoms with van der Waals surface area (Å²) in [5.74, 6) is 0.735. The molecule has 1 aromatic carbocycles. The van der Waals surface area contributed by atoms with Gasteiger partial charge >= 0.3 is 0 Å². The Balaban J connectivity index is 2.84. The molecule has 0 aliphatic carbocycles. The van der Waals surface area contributed by atoms with Crippen LogP contribution in [0.1, 0.15) is 13.3 Å². The second kappa shape index (κ2) is 9.44. The predicted octanol–water partition coefficient (Wildman–Crippen LogP) is 2.16. The van der Waals surface area contributed by atoms with Crippen molar-refractivity contribution in [1.82, 2.24) is 0 Å². The van der Waals surface area contributed by atoms with Gasteiger partial charge in [-0.05, 0) is 25.5 Å². The fraction of sp³-hybridized carbons (Fsp3) is 0.600. The zero-order chi connectivity index (χ0) is 14.8. The highest BCUT2D eigenvalue weighted by Gasteiger charge is 2.12. The molecule has 0 atom stereocenters. The highest BCUT2D eigenvalue weighted by Crippen LogP contribution is 2.32. The SMILES string of the molecule is CCOc1cccc(N(CCCOC)CCOC)c1N. The lowest BCUT2D eigenvalue weighted by molar-refractivity contribution is 0.191. The predicted molar refractivity (Wildman–Crippen MR) is 82.6 cm³/mol. The number of para-hydroxylation sites is 1. The Labute approximate surface area is 121 Å². The lowest BCUT2D eigenvalue weighted by Crippen LogP contribution is -2.29. The average Bonchev–Trinajstić information content (AvgIpc) is 2.46. The van der Waals surface area contributed by atoms with Gasteiger partial charge in [0.2, 0.25) is 0 Å². The second-order valence-electron chi connectivity index (χ2n) is 4.45. The zero-order valence-electron chi connectivity index (χ0n) is 12.7. The van der Waals surface area contributed by atoms with Crippen LogP contribution in [0.15, 0.2) is 18.2 Å². The van der Waals surface area contributed by atoms with Gasteiger partial charge in [-0.2, -0.15) is 0 Å². The maximum atomic E-state index is 6.21. The summed E-state index contributed by atoms with van der Waals surface area (Å²) in [4.78, 5) is 2.21. The summed E-state index contributed by atoms with van der Waals surface area (Å²) in [6.07, 6.45) is 0.943. The molecular weight excluding hydrogens is 256 g/mol. The Bertz CT molecular complexity index is 385. The Morgan fingerprint density at radius 1 is 1.10 bits per heavy atom. The first-order valence-corrected chi connectivity index (χ1v) is 6.98. The van der Waals surface area contributed by atoms with Crippen LogP contribution in [0.2, 0.25) is 0 Å². The molecular formula is C15H26N2O3. The van der Waals surface area contributed by atoms with Crippen molar-refractivity contribution in [3.8, 4) is 5.75 Å². The smallest absolute Gasteiger partial charge is 0.144 e. The maximum Gasteiger partial charge on any atom is 0.144 e. The van der Waals surface area contributed by atoms with Crippen LogP contribution in [0.5, 0.6) is 5.75 Å². The van der Waals surface area contributed by atoms with E-state index in [0.717, 1.165) is 37.6 Å². The van der Waals surface area contributed by atoms with Crippen molar-refractivity contribution in [2.24, 2.45) is 0 Å². The Morgan fingerprint density at radius 2 is 1.85 bits per heavy atom. The number of nitrogen functional groups attached to an aromatic ring is 1. The Morgan fingerprint density at radius 3 is 2.50 bits per heavy atom. The topological polar surface area (TPSA) is 57.0 Å². The zero-order valence-corrected chi connectivity index (χ0v) is 12.7. The van der Waals surface area contributed by atoms with E-state index in [4.69, 9.17) is 19.9 Å². The number of hydrogen-bond donors (Lipinski definition) is 1. The summed E-state index contributed by atoms with van der Waals surface area (Å²) in [6.45, 7) is 5.61. The monoisotopic (exact) mass is 282 g/mol. The van der Waals surface area contributed by atoms with Crippen LogP contribution in [0.25, 0.3) is 0 Å². The second-order valence-corrected chi connectivity index (χ2v) is 4.45. The lowest BCUT2D eigenvalue weighted by Gasteiger charge is -2.26. The highest BCUT2D eigenvalue weighted by atomic mass is 16.5. The molecule has 0 unspecified atom stereocenters. The number of methoxy groups -OCH3 is 2. The molecule has 2 N–H and O–H groups in total. The van der Waals surface area contributed by atoms with Crippen LogP contribution < -0.4 is 15.4 Å². The summed E-state index contributed by atoms with van der Waals surface area (Å²) < 4.78 is 15.8. The minimum atomic E-state index is 0.607. The standard InChI is InChI=1S/C15H26N2O3/c1-4-20-14-8-5-7-13(15(14)16)17(10-12-19-3)9-6-11-18-2/h5,7-8H,4,6,9-12,16H2,1-3H3. The number of nitrogens with two attached hydrogens (primary N) is 1. The van der Waals surface area contributed by atoms with Gasteiger partial charge in [0.05, 0.1) is 24.6 Å². The lowest BCUT2D eigenvalue weighted by atomic mass is 10.2. The van der Waals surface area contributed by atoms with Crippen molar-refractivity contribution < 1.29 is 14.2 Å². The third kappa shape index (κ3) is 4.90. The van der Waals surface area contributed by atoms with Crippen LogP contribution in [0.3, 0.4) is 0 Å². The normalized spacial score (nSPS) is 10.6. The highest BCUT2D eigenvalue weighted by molar-refractivity contribution is 5.74. The van der Waals surface area contributed by atoms with Crippen LogP contribution in [0, 0.1) is 0 Å². The van der Waals surface area contributed by atoms with Crippen molar-refractivity contribution in [2.45, 2.75) is 13.3 Å². The van der Waals surface area contributed by atoms with Crippen molar-refractivity contribution in [1.29, 1.82) is 0 Å². The summed E-state index contributed by atoms with van der Waals surface area (Å²) in [5, 5.41) is 0. The molecule has 5 heteroatoms. The minimum Gasteiger partial charge on any atom is -0.492 e. The summed E-state index contributed by atoms with van der Waals surface area (Å²) in [5.41, 5.74) is 7.88. The molecule has 114 valence electrons. The van der Waals surface area contributed by atoms with Gasteiger partial charge in [0.15, 0.2) is 0 Å². The molecule has 1 aromatic rings. The van der Waals surface area contributed by atoms with Crippen molar-refractivity contribution in [3.05, 3.63) is 18.2 Å². The molecule has 0 aliphatic rings. The van der Waals surface area contributed by atoms with Gasteiger partial charge in [-0.3, -0.25) is 0 Å². The molecule has 0 saturated heterocycles. The van der Waals surface area contributed by atoms with Crippen molar-refractivity contribution >= 4 is 11.4 Å². The Hall–Kier alpha value is -1.46. The van der Waals surface area contributed by atoms with E-state index in [-0.39, 0.29) is 0 Å². The average molecular weight is 282 g/mol. The minimum absolute atomic E-state index is 0.607. The van der Waals surface area contributed by atoms with E-state index in [9.17, 15) is 0 Å². The molecule has 0 radical (unpaired) electrons. The van der Waals surface area contributed by atoms with E-state index in [1.54, 1.807) is 14.2 Å². The number of nitrogens with zero attached hydrogens (tertiary/aromatic N) is 1. The quantitative estimate of drug-likeness (QED) is 0.526. The number of anilines is 2. The van der Waals surface area contributed by atoms with Gasteiger partial charge in [-0.1, -0.05) is 6.07 Å². The van der Waals surface area contributed by atoms with E-state index in [0.29, 0.717) is 18.9 Å². The summed E-state index contributed by atoms with van der Waals surface area (Å²) in [7, 11) is 3.41. The van der Waals surface area contributed by atoms with Gasteiger partial charge in [0, 0.05) is 33.9 Å². The first-order chi connectivity index (χ1) is 9.74. The van der Waals surface area contributed by atoms with Crippen LogP contribution >= 0.6 is 0 Å². The number of ether oxygens (including phenoxy) is 3. The molecule has 0 spiro atoms. The summed E-state index contributed by atoms with van der Waals surface area (Å²) >= 11 is 0. The molecule has 0 saturated carbocycles. The van der Waals surface area contributed by atoms with Crippen LogP contribution in [-0.2, 0) is 9.47 Å². The molecule has 0 bridgehead atoms.